The lowest BCUT2D eigenvalue weighted by Crippen LogP contribution is -2.55. The van der Waals surface area contributed by atoms with Gasteiger partial charge in [-0.25, -0.2) is 0 Å². The molecule has 0 aliphatic heterocycles. The molecule has 7 atom stereocenters. The van der Waals surface area contributed by atoms with Crippen molar-refractivity contribution in [2.75, 3.05) is 0 Å². The zero-order chi connectivity index (χ0) is 25.4. The van der Waals surface area contributed by atoms with Crippen molar-refractivity contribution in [1.29, 1.82) is 0 Å². The maximum Gasteiger partial charge on any atom is 0.156 e. The molecule has 4 nitrogen and oxygen atoms in total. The standard InChI is InChI=1S/C31H40O4/c1-6-14-31(35)26(33)16-25-22-13-15-30(34)17-21(32)11-12-24(30)27(22)23(18-29(25,31)5)19-7-9-20(10-8-19)28(2,3)4/h7-10,22-23,25-26,33-35H,11-13,15-18H2,1-5H3/t22-,23+,25-,26+,29-,30+,31-/m0/s1. The van der Waals surface area contributed by atoms with E-state index < -0.39 is 22.7 Å². The Balaban J connectivity index is 1.69. The summed E-state index contributed by atoms with van der Waals surface area (Å²) in [5.41, 5.74) is 1.76. The van der Waals surface area contributed by atoms with Crippen LogP contribution in [0.5, 0.6) is 0 Å². The molecule has 5 rings (SSSR count). The van der Waals surface area contributed by atoms with Gasteiger partial charge in [-0.15, -0.1) is 5.92 Å². The van der Waals surface area contributed by atoms with Crippen molar-refractivity contribution in [3.63, 3.8) is 0 Å². The highest BCUT2D eigenvalue weighted by molar-refractivity contribution is 5.82. The SMILES string of the molecule is CC#C[C@]1(O)[C@H](O)C[C@H]2[C@@H]3CC[C@@]4(O)CC(=O)CCC4=C3[C@@H](c3ccc(C(C)(C)C)cc3)C[C@@]21C. The van der Waals surface area contributed by atoms with Gasteiger partial charge in [0.2, 0.25) is 0 Å². The number of fused-ring (bicyclic) bond motifs is 4. The first-order chi connectivity index (χ1) is 16.3. The van der Waals surface area contributed by atoms with Gasteiger partial charge in [-0.05, 0) is 73.0 Å². The van der Waals surface area contributed by atoms with Crippen LogP contribution in [0.3, 0.4) is 0 Å². The number of aliphatic hydroxyl groups is 3. The summed E-state index contributed by atoms with van der Waals surface area (Å²) in [6.07, 6.45) is 2.92. The van der Waals surface area contributed by atoms with Gasteiger partial charge in [0.15, 0.2) is 5.60 Å². The van der Waals surface area contributed by atoms with Gasteiger partial charge in [0.1, 0.15) is 5.78 Å². The minimum atomic E-state index is -1.46. The first kappa shape index (κ1) is 24.8. The van der Waals surface area contributed by atoms with Gasteiger partial charge in [-0.1, -0.05) is 63.5 Å². The summed E-state index contributed by atoms with van der Waals surface area (Å²) in [6, 6.07) is 8.81. The fourth-order valence-corrected chi connectivity index (χ4v) is 8.04. The lowest BCUT2D eigenvalue weighted by Gasteiger charge is -2.55. The van der Waals surface area contributed by atoms with Gasteiger partial charge in [0.25, 0.3) is 0 Å². The topological polar surface area (TPSA) is 77.8 Å². The van der Waals surface area contributed by atoms with Crippen LogP contribution in [0.2, 0.25) is 0 Å². The highest BCUT2D eigenvalue weighted by Gasteiger charge is 2.67. The molecule has 35 heavy (non-hydrogen) atoms. The molecule has 3 saturated carbocycles. The van der Waals surface area contributed by atoms with Gasteiger partial charge in [0.05, 0.1) is 11.7 Å². The van der Waals surface area contributed by atoms with E-state index in [1.807, 2.05) is 0 Å². The molecule has 0 unspecified atom stereocenters. The molecule has 0 amide bonds. The van der Waals surface area contributed by atoms with Crippen LogP contribution in [-0.2, 0) is 10.2 Å². The summed E-state index contributed by atoms with van der Waals surface area (Å²) in [7, 11) is 0. The number of benzene rings is 1. The number of hydrogen-bond acceptors (Lipinski definition) is 4. The number of ketones is 1. The number of carbonyl (C=O) groups excluding carboxylic acids is 1. The molecule has 188 valence electrons. The molecule has 3 N–H and O–H groups in total. The van der Waals surface area contributed by atoms with Crippen molar-refractivity contribution in [2.45, 2.75) is 108 Å². The van der Waals surface area contributed by atoms with Crippen LogP contribution >= 0.6 is 0 Å². The van der Waals surface area contributed by atoms with Crippen LogP contribution in [0.4, 0.5) is 0 Å². The largest absolute Gasteiger partial charge is 0.389 e. The van der Waals surface area contributed by atoms with E-state index in [0.717, 1.165) is 12.0 Å². The summed E-state index contributed by atoms with van der Waals surface area (Å²) in [5, 5.41) is 34.6. The first-order valence-corrected chi connectivity index (χ1v) is 13.3. The maximum atomic E-state index is 12.3. The molecule has 1 aromatic rings. The average Bonchev–Trinajstić information content (AvgIpc) is 2.98. The second-order valence-electron chi connectivity index (χ2n) is 12.9. The Kier molecular flexibility index (Phi) is 5.68. The lowest BCUT2D eigenvalue weighted by atomic mass is 9.50. The molecule has 0 aromatic heterocycles. The van der Waals surface area contributed by atoms with E-state index in [4.69, 9.17) is 0 Å². The van der Waals surface area contributed by atoms with Crippen LogP contribution < -0.4 is 0 Å². The van der Waals surface area contributed by atoms with Gasteiger partial charge < -0.3 is 15.3 Å². The summed E-state index contributed by atoms with van der Waals surface area (Å²) in [4.78, 5) is 12.3. The van der Waals surface area contributed by atoms with Gasteiger partial charge >= 0.3 is 0 Å². The number of Topliss-reactive ketones (excluding diaryl/α,β-unsaturated/α-hetero) is 1. The zero-order valence-corrected chi connectivity index (χ0v) is 21.8. The predicted octanol–water partition coefficient (Wildman–Crippen LogP) is 4.80. The molecule has 0 heterocycles. The van der Waals surface area contributed by atoms with E-state index in [1.165, 1.54) is 16.7 Å². The number of carbonyl (C=O) groups is 1. The summed E-state index contributed by atoms with van der Waals surface area (Å²) < 4.78 is 0. The number of allylic oxidation sites excluding steroid dienone is 1. The van der Waals surface area contributed by atoms with Crippen molar-refractivity contribution in [3.05, 3.63) is 46.5 Å². The van der Waals surface area contributed by atoms with E-state index in [9.17, 15) is 20.1 Å². The van der Waals surface area contributed by atoms with Gasteiger partial charge in [-0.3, -0.25) is 4.79 Å². The second kappa shape index (κ2) is 8.04. The molecular weight excluding hydrogens is 436 g/mol. The van der Waals surface area contributed by atoms with Crippen molar-refractivity contribution < 1.29 is 20.1 Å². The fourth-order valence-electron chi connectivity index (χ4n) is 8.04. The smallest absolute Gasteiger partial charge is 0.156 e. The zero-order valence-electron chi connectivity index (χ0n) is 21.8. The average molecular weight is 477 g/mol. The lowest BCUT2D eigenvalue weighted by molar-refractivity contribution is -0.126. The van der Waals surface area contributed by atoms with Crippen molar-refractivity contribution in [1.82, 2.24) is 0 Å². The summed E-state index contributed by atoms with van der Waals surface area (Å²) >= 11 is 0. The molecule has 4 heteroatoms. The molecule has 0 saturated heterocycles. The van der Waals surface area contributed by atoms with Gasteiger partial charge in [0, 0.05) is 24.2 Å². The molecule has 0 spiro atoms. The quantitative estimate of drug-likeness (QED) is 0.402. The molecule has 0 bridgehead atoms. The first-order valence-electron chi connectivity index (χ1n) is 13.3. The minimum absolute atomic E-state index is 0.0146. The van der Waals surface area contributed by atoms with E-state index in [-0.39, 0.29) is 35.4 Å². The van der Waals surface area contributed by atoms with E-state index in [1.54, 1.807) is 6.92 Å². The highest BCUT2D eigenvalue weighted by atomic mass is 16.3. The van der Waals surface area contributed by atoms with E-state index in [2.05, 4.69) is 63.8 Å². The Morgan fingerprint density at radius 3 is 2.40 bits per heavy atom. The Labute approximate surface area is 209 Å². The monoisotopic (exact) mass is 476 g/mol. The number of rotatable bonds is 1. The van der Waals surface area contributed by atoms with Crippen LogP contribution in [0, 0.1) is 29.1 Å². The third-order valence-electron chi connectivity index (χ3n) is 9.95. The molecular formula is C31H40O4. The molecule has 1 aromatic carbocycles. The van der Waals surface area contributed by atoms with Crippen LogP contribution in [0.15, 0.2) is 35.4 Å². The van der Waals surface area contributed by atoms with Gasteiger partial charge in [-0.2, -0.15) is 0 Å². The molecule has 4 aliphatic rings. The van der Waals surface area contributed by atoms with E-state index >= 15 is 0 Å². The van der Waals surface area contributed by atoms with Crippen molar-refractivity contribution in [3.8, 4) is 11.8 Å². The number of aliphatic hydroxyl groups excluding tert-OH is 1. The second-order valence-corrected chi connectivity index (χ2v) is 12.9. The maximum absolute atomic E-state index is 12.3. The van der Waals surface area contributed by atoms with Crippen molar-refractivity contribution in [2.24, 2.45) is 17.3 Å². The molecule has 3 fully saturated rings. The summed E-state index contributed by atoms with van der Waals surface area (Å²) in [6.45, 7) is 10.5. The third kappa shape index (κ3) is 3.57. The Morgan fingerprint density at radius 1 is 1.09 bits per heavy atom. The third-order valence-corrected chi connectivity index (χ3v) is 9.95. The normalized spacial score (nSPS) is 41.0. The Bertz CT molecular complexity index is 1130. The Morgan fingerprint density at radius 2 is 1.77 bits per heavy atom. The highest BCUT2D eigenvalue weighted by Crippen LogP contribution is 2.67. The van der Waals surface area contributed by atoms with E-state index in [0.29, 0.717) is 32.1 Å². The Hall–Kier alpha value is -1.93. The van der Waals surface area contributed by atoms with Crippen LogP contribution in [-0.4, -0.2) is 38.4 Å². The summed E-state index contributed by atoms with van der Waals surface area (Å²) in [5.74, 6) is 6.32. The van der Waals surface area contributed by atoms with Crippen LogP contribution in [0.1, 0.15) is 96.6 Å². The minimum Gasteiger partial charge on any atom is -0.389 e. The molecule has 4 aliphatic carbocycles. The predicted molar refractivity (Wildman–Crippen MR) is 137 cm³/mol. The fraction of sp³-hybridized carbons (Fsp3) is 0.645. The number of hydrogen-bond donors (Lipinski definition) is 3. The molecule has 0 radical (unpaired) electrons. The van der Waals surface area contributed by atoms with Crippen molar-refractivity contribution >= 4 is 5.78 Å². The van der Waals surface area contributed by atoms with Crippen LogP contribution in [0.25, 0.3) is 0 Å².